The van der Waals surface area contributed by atoms with Gasteiger partial charge in [-0.25, -0.2) is 9.59 Å². The van der Waals surface area contributed by atoms with Gasteiger partial charge in [-0.05, 0) is 38.5 Å². The Labute approximate surface area is 127 Å². The van der Waals surface area contributed by atoms with Crippen molar-refractivity contribution in [3.8, 4) is 0 Å². The molecule has 116 valence electrons. The molecule has 0 saturated carbocycles. The van der Waals surface area contributed by atoms with Crippen LogP contribution in [0.3, 0.4) is 0 Å². The van der Waals surface area contributed by atoms with Crippen LogP contribution in [-0.4, -0.2) is 21.1 Å². The van der Waals surface area contributed by atoms with Gasteiger partial charge in [0.15, 0.2) is 0 Å². The molecule has 0 aliphatic rings. The second kappa shape index (κ2) is 6.01. The number of esters is 1. The van der Waals surface area contributed by atoms with Crippen LogP contribution in [0.1, 0.15) is 36.7 Å². The molecule has 0 aliphatic carbocycles. The molecular weight excluding hydrogens is 284 g/mol. The molecule has 0 aliphatic heterocycles. The highest BCUT2D eigenvalue weighted by molar-refractivity contribution is 5.89. The molecule has 2 aromatic rings. The SMILES string of the molecule is CC(C)(C)OC(=O)c1ccc(Cn2ccc(=O)[nH]c2=O)cc1. The average molecular weight is 302 g/mol. The predicted octanol–water partition coefficient (Wildman–Crippen LogP) is 1.54. The molecule has 6 nitrogen and oxygen atoms in total. The van der Waals surface area contributed by atoms with Crippen LogP contribution in [0.2, 0.25) is 0 Å². The zero-order valence-corrected chi connectivity index (χ0v) is 12.8. The molecule has 0 amide bonds. The van der Waals surface area contributed by atoms with Crippen LogP contribution in [0.4, 0.5) is 0 Å². The van der Waals surface area contributed by atoms with E-state index in [2.05, 4.69) is 4.98 Å². The first kappa shape index (κ1) is 15.8. The Bertz CT molecular complexity index is 779. The maximum absolute atomic E-state index is 11.9. The van der Waals surface area contributed by atoms with Gasteiger partial charge in [0.25, 0.3) is 5.56 Å². The van der Waals surface area contributed by atoms with E-state index in [9.17, 15) is 14.4 Å². The Morgan fingerprint density at radius 1 is 1.14 bits per heavy atom. The summed E-state index contributed by atoms with van der Waals surface area (Å²) in [5.41, 5.74) is -0.155. The fourth-order valence-corrected chi connectivity index (χ4v) is 1.85. The van der Waals surface area contributed by atoms with E-state index < -0.39 is 16.9 Å². The van der Waals surface area contributed by atoms with E-state index in [4.69, 9.17) is 4.74 Å². The van der Waals surface area contributed by atoms with Gasteiger partial charge in [0.1, 0.15) is 5.60 Å². The number of benzene rings is 1. The monoisotopic (exact) mass is 302 g/mol. The number of rotatable bonds is 3. The summed E-state index contributed by atoms with van der Waals surface area (Å²) >= 11 is 0. The minimum atomic E-state index is -0.543. The van der Waals surface area contributed by atoms with Crippen molar-refractivity contribution in [2.75, 3.05) is 0 Å². The largest absolute Gasteiger partial charge is 0.456 e. The first-order chi connectivity index (χ1) is 10.2. The molecule has 22 heavy (non-hydrogen) atoms. The standard InChI is InChI=1S/C16H18N2O4/c1-16(2,3)22-14(20)12-6-4-11(5-7-12)10-18-9-8-13(19)17-15(18)21/h4-9H,10H2,1-3H3,(H,17,19,21). The number of carbonyl (C=O) groups is 1. The molecule has 1 aromatic heterocycles. The molecule has 1 heterocycles. The Kier molecular flexibility index (Phi) is 4.30. The number of aromatic amines is 1. The van der Waals surface area contributed by atoms with Crippen molar-refractivity contribution >= 4 is 5.97 Å². The molecular formula is C16H18N2O4. The van der Waals surface area contributed by atoms with E-state index in [1.165, 1.54) is 16.8 Å². The van der Waals surface area contributed by atoms with Gasteiger partial charge in [0, 0.05) is 12.3 Å². The fourth-order valence-electron chi connectivity index (χ4n) is 1.85. The molecule has 2 rings (SSSR count). The van der Waals surface area contributed by atoms with Gasteiger partial charge < -0.3 is 4.74 Å². The number of ether oxygens (including phenoxy) is 1. The van der Waals surface area contributed by atoms with Gasteiger partial charge in [0.05, 0.1) is 12.1 Å². The fraction of sp³-hybridized carbons (Fsp3) is 0.312. The predicted molar refractivity (Wildman–Crippen MR) is 82.0 cm³/mol. The van der Waals surface area contributed by atoms with Crippen LogP contribution in [0.5, 0.6) is 0 Å². The van der Waals surface area contributed by atoms with Gasteiger partial charge in [-0.2, -0.15) is 0 Å². The van der Waals surface area contributed by atoms with Crippen molar-refractivity contribution in [3.05, 3.63) is 68.5 Å². The number of hydrogen-bond donors (Lipinski definition) is 1. The lowest BCUT2D eigenvalue weighted by Gasteiger charge is -2.19. The minimum Gasteiger partial charge on any atom is -0.456 e. The average Bonchev–Trinajstić information content (AvgIpc) is 2.41. The van der Waals surface area contributed by atoms with Crippen molar-refractivity contribution in [2.45, 2.75) is 32.9 Å². The Balaban J connectivity index is 2.14. The van der Waals surface area contributed by atoms with Crippen LogP contribution >= 0.6 is 0 Å². The third kappa shape index (κ3) is 4.18. The van der Waals surface area contributed by atoms with Crippen molar-refractivity contribution in [1.82, 2.24) is 9.55 Å². The third-order valence-electron chi connectivity index (χ3n) is 2.84. The third-order valence-corrected chi connectivity index (χ3v) is 2.84. The highest BCUT2D eigenvalue weighted by atomic mass is 16.6. The smallest absolute Gasteiger partial charge is 0.338 e. The van der Waals surface area contributed by atoms with Crippen LogP contribution < -0.4 is 11.2 Å². The van der Waals surface area contributed by atoms with E-state index in [1.807, 2.05) is 20.8 Å². The summed E-state index contributed by atoms with van der Waals surface area (Å²) < 4.78 is 6.66. The Morgan fingerprint density at radius 3 is 2.32 bits per heavy atom. The van der Waals surface area contributed by atoms with Gasteiger partial charge in [-0.15, -0.1) is 0 Å². The molecule has 1 aromatic carbocycles. The van der Waals surface area contributed by atoms with Gasteiger partial charge >= 0.3 is 11.7 Å². The summed E-state index contributed by atoms with van der Waals surface area (Å²) in [6, 6.07) is 8.09. The summed E-state index contributed by atoms with van der Waals surface area (Å²) in [5, 5.41) is 0. The summed E-state index contributed by atoms with van der Waals surface area (Å²) in [6.07, 6.45) is 1.43. The van der Waals surface area contributed by atoms with Gasteiger partial charge in [-0.3, -0.25) is 14.3 Å². The van der Waals surface area contributed by atoms with Crippen molar-refractivity contribution in [3.63, 3.8) is 0 Å². The molecule has 1 N–H and O–H groups in total. The second-order valence-corrected chi connectivity index (χ2v) is 5.94. The highest BCUT2D eigenvalue weighted by Crippen LogP contribution is 2.13. The zero-order valence-electron chi connectivity index (χ0n) is 12.8. The molecule has 0 spiro atoms. The maximum Gasteiger partial charge on any atom is 0.338 e. The number of hydrogen-bond acceptors (Lipinski definition) is 4. The second-order valence-electron chi connectivity index (χ2n) is 5.94. The number of nitrogens with zero attached hydrogens (tertiary/aromatic N) is 1. The van der Waals surface area contributed by atoms with E-state index in [1.54, 1.807) is 24.3 Å². The van der Waals surface area contributed by atoms with E-state index in [-0.39, 0.29) is 5.97 Å². The molecule has 0 saturated heterocycles. The van der Waals surface area contributed by atoms with Crippen LogP contribution in [-0.2, 0) is 11.3 Å². The maximum atomic E-state index is 11.9. The van der Waals surface area contributed by atoms with Gasteiger partial charge in [0.2, 0.25) is 0 Å². The summed E-state index contributed by atoms with van der Waals surface area (Å²) in [5.74, 6) is -0.389. The van der Waals surface area contributed by atoms with E-state index in [0.717, 1.165) is 5.56 Å². The Morgan fingerprint density at radius 2 is 1.77 bits per heavy atom. The summed E-state index contributed by atoms with van der Waals surface area (Å²) in [6.45, 7) is 5.73. The summed E-state index contributed by atoms with van der Waals surface area (Å²) in [4.78, 5) is 36.7. The molecule has 0 fully saturated rings. The lowest BCUT2D eigenvalue weighted by molar-refractivity contribution is 0.00695. The molecule has 0 bridgehead atoms. The van der Waals surface area contributed by atoms with Crippen molar-refractivity contribution in [2.24, 2.45) is 0 Å². The Hall–Kier alpha value is -2.63. The van der Waals surface area contributed by atoms with Crippen LogP contribution in [0.25, 0.3) is 0 Å². The quantitative estimate of drug-likeness (QED) is 0.872. The lowest BCUT2D eigenvalue weighted by atomic mass is 10.1. The highest BCUT2D eigenvalue weighted by Gasteiger charge is 2.17. The molecule has 0 radical (unpaired) electrons. The number of nitrogens with one attached hydrogen (secondary N) is 1. The van der Waals surface area contributed by atoms with Crippen LogP contribution in [0.15, 0.2) is 46.1 Å². The van der Waals surface area contributed by atoms with Gasteiger partial charge in [-0.1, -0.05) is 12.1 Å². The van der Waals surface area contributed by atoms with Crippen molar-refractivity contribution < 1.29 is 9.53 Å². The summed E-state index contributed by atoms with van der Waals surface area (Å²) in [7, 11) is 0. The van der Waals surface area contributed by atoms with E-state index >= 15 is 0 Å². The first-order valence-electron chi connectivity index (χ1n) is 6.87. The lowest BCUT2D eigenvalue weighted by Crippen LogP contribution is -2.28. The van der Waals surface area contributed by atoms with Crippen molar-refractivity contribution in [1.29, 1.82) is 0 Å². The number of H-pyrrole nitrogens is 1. The van der Waals surface area contributed by atoms with E-state index in [0.29, 0.717) is 12.1 Å². The molecule has 0 atom stereocenters. The molecule has 6 heteroatoms. The molecule has 0 unspecified atom stereocenters. The normalized spacial score (nSPS) is 11.2. The topological polar surface area (TPSA) is 81.2 Å². The number of aromatic nitrogens is 2. The number of carbonyl (C=O) groups excluding carboxylic acids is 1. The zero-order chi connectivity index (χ0) is 16.3. The van der Waals surface area contributed by atoms with Crippen LogP contribution in [0, 0.1) is 0 Å². The first-order valence-corrected chi connectivity index (χ1v) is 6.87. The minimum absolute atomic E-state index is 0.310.